The number of aromatic carboxylic acids is 1. The van der Waals surface area contributed by atoms with Crippen LogP contribution < -0.4 is 10.3 Å². The fourth-order valence-corrected chi connectivity index (χ4v) is 4.88. The van der Waals surface area contributed by atoms with Gasteiger partial charge in [-0.2, -0.15) is 0 Å². The van der Waals surface area contributed by atoms with Crippen molar-refractivity contribution in [3.05, 3.63) is 87.3 Å². The first kappa shape index (κ1) is 24.3. The van der Waals surface area contributed by atoms with E-state index >= 15 is 0 Å². The lowest BCUT2D eigenvalue weighted by atomic mass is 10.0. The number of hydrogen-bond acceptors (Lipinski definition) is 5. The molecule has 8 heteroatoms. The number of phenols is 1. The van der Waals surface area contributed by atoms with Crippen LogP contribution >= 0.6 is 11.6 Å². The maximum Gasteiger partial charge on any atom is 0.341 e. The fraction of sp³-hybridized carbons (Fsp3) is 0.222. The largest absolute Gasteiger partial charge is 0.508 e. The van der Waals surface area contributed by atoms with E-state index in [1.54, 1.807) is 29.0 Å². The Bertz CT molecular complexity index is 1410. The van der Waals surface area contributed by atoms with Crippen LogP contribution in [0.5, 0.6) is 5.75 Å². The van der Waals surface area contributed by atoms with Gasteiger partial charge in [0.05, 0.1) is 16.2 Å². The number of benzene rings is 2. The third-order valence-electron chi connectivity index (χ3n) is 6.25. The average Bonchev–Trinajstić information content (AvgIpc) is 3.27. The first-order chi connectivity index (χ1) is 16.8. The number of rotatable bonds is 7. The number of carboxylic acids is 1. The van der Waals surface area contributed by atoms with Gasteiger partial charge < -0.3 is 19.7 Å². The van der Waals surface area contributed by atoms with E-state index in [0.717, 1.165) is 31.5 Å². The summed E-state index contributed by atoms with van der Waals surface area (Å²) in [5, 5.41) is 19.9. The van der Waals surface area contributed by atoms with Gasteiger partial charge in [-0.05, 0) is 75.4 Å². The Hall–Kier alpha value is -3.84. The van der Waals surface area contributed by atoms with Crippen molar-refractivity contribution in [1.82, 2.24) is 4.57 Å². The lowest BCUT2D eigenvalue weighted by molar-refractivity contribution is 0.0695. The van der Waals surface area contributed by atoms with E-state index in [1.165, 1.54) is 23.9 Å². The highest BCUT2D eigenvalue weighted by molar-refractivity contribution is 6.34. The molecule has 0 radical (unpaired) electrons. The Kier molecular flexibility index (Phi) is 7.07. The smallest absolute Gasteiger partial charge is 0.341 e. The molecule has 1 saturated heterocycles. The summed E-state index contributed by atoms with van der Waals surface area (Å²) in [4.78, 5) is 30.8. The Morgan fingerprint density at radius 2 is 2.03 bits per heavy atom. The number of carboxylic acid groups (broad SMARTS) is 1. The van der Waals surface area contributed by atoms with Crippen molar-refractivity contribution >= 4 is 40.9 Å². The van der Waals surface area contributed by atoms with Crippen molar-refractivity contribution in [3.63, 3.8) is 0 Å². The van der Waals surface area contributed by atoms with Crippen molar-refractivity contribution in [1.29, 1.82) is 0 Å². The molecule has 1 aliphatic rings. The zero-order valence-corrected chi connectivity index (χ0v) is 20.1. The molecule has 1 aromatic heterocycles. The minimum atomic E-state index is -1.31. The molecule has 2 heterocycles. The maximum absolute atomic E-state index is 13.0. The van der Waals surface area contributed by atoms with Crippen molar-refractivity contribution in [2.45, 2.75) is 32.2 Å². The number of nitrogens with zero attached hydrogens (tertiary/aromatic N) is 3. The molecule has 1 unspecified atom stereocenters. The van der Waals surface area contributed by atoms with Crippen molar-refractivity contribution < 1.29 is 15.0 Å². The third-order valence-corrected chi connectivity index (χ3v) is 6.55. The number of fused-ring (bicyclic) bond motifs is 1. The molecule has 0 bridgehead atoms. The quantitative estimate of drug-likeness (QED) is 0.333. The first-order valence-electron chi connectivity index (χ1n) is 11.3. The number of aliphatic imine (C=N–C) groups is 1. The van der Waals surface area contributed by atoms with E-state index in [-0.39, 0.29) is 22.7 Å². The van der Waals surface area contributed by atoms with Gasteiger partial charge >= 0.3 is 5.97 Å². The van der Waals surface area contributed by atoms with Crippen LogP contribution in [0, 0.1) is 0 Å². The van der Waals surface area contributed by atoms with Crippen LogP contribution in [0.1, 0.15) is 36.5 Å². The number of allylic oxidation sites excluding steroid dienone is 2. The molecular weight excluding hydrogens is 466 g/mol. The Labute approximate surface area is 207 Å². The number of phenolic OH excluding ortho intramolecular Hbond substituents is 1. The van der Waals surface area contributed by atoms with Crippen LogP contribution in [0.25, 0.3) is 16.6 Å². The highest BCUT2D eigenvalue weighted by Crippen LogP contribution is 2.37. The van der Waals surface area contributed by atoms with Gasteiger partial charge in [0.1, 0.15) is 11.3 Å². The Balaban J connectivity index is 1.85. The fourth-order valence-electron chi connectivity index (χ4n) is 4.61. The molecule has 35 heavy (non-hydrogen) atoms. The summed E-state index contributed by atoms with van der Waals surface area (Å²) in [5.41, 5.74) is 2.22. The Morgan fingerprint density at radius 1 is 1.29 bits per heavy atom. The molecule has 1 atom stereocenters. The van der Waals surface area contributed by atoms with Gasteiger partial charge in [0.2, 0.25) is 5.43 Å². The lowest BCUT2D eigenvalue weighted by Gasteiger charge is -2.29. The van der Waals surface area contributed by atoms with E-state index in [9.17, 15) is 19.8 Å². The minimum Gasteiger partial charge on any atom is -0.508 e. The number of pyridine rings is 1. The molecule has 7 nitrogen and oxygen atoms in total. The lowest BCUT2D eigenvalue weighted by Crippen LogP contribution is -2.30. The summed E-state index contributed by atoms with van der Waals surface area (Å²) in [7, 11) is 0. The maximum atomic E-state index is 13.0. The zero-order chi connectivity index (χ0) is 25.1. The van der Waals surface area contributed by atoms with Gasteiger partial charge in [0.25, 0.3) is 0 Å². The highest BCUT2D eigenvalue weighted by Gasteiger charge is 2.27. The average molecular weight is 492 g/mol. The van der Waals surface area contributed by atoms with E-state index in [1.807, 2.05) is 18.2 Å². The minimum absolute atomic E-state index is 0.0864. The molecular formula is C27H26ClN3O4. The van der Waals surface area contributed by atoms with Crippen LogP contribution in [-0.2, 0) is 0 Å². The normalized spacial score (nSPS) is 16.3. The van der Waals surface area contributed by atoms with E-state index < -0.39 is 11.4 Å². The molecule has 1 aliphatic heterocycles. The molecule has 0 amide bonds. The van der Waals surface area contributed by atoms with Crippen molar-refractivity contribution in [3.8, 4) is 11.4 Å². The summed E-state index contributed by atoms with van der Waals surface area (Å²) >= 11 is 6.70. The van der Waals surface area contributed by atoms with Gasteiger partial charge in [0.15, 0.2) is 0 Å². The number of anilines is 1. The summed E-state index contributed by atoms with van der Waals surface area (Å²) in [6, 6.07) is 10.0. The molecule has 0 saturated carbocycles. The van der Waals surface area contributed by atoms with E-state index in [0.29, 0.717) is 16.2 Å². The topological polar surface area (TPSA) is 95.1 Å². The van der Waals surface area contributed by atoms with Gasteiger partial charge in [0, 0.05) is 36.1 Å². The molecule has 1 fully saturated rings. The van der Waals surface area contributed by atoms with Crippen molar-refractivity contribution in [2.24, 2.45) is 4.99 Å². The summed E-state index contributed by atoms with van der Waals surface area (Å²) in [6.45, 7) is 6.34. The monoisotopic (exact) mass is 491 g/mol. The van der Waals surface area contributed by atoms with Gasteiger partial charge in [-0.15, -0.1) is 0 Å². The number of carbonyl (C=O) groups is 1. The molecule has 4 rings (SSSR count). The molecule has 2 aromatic carbocycles. The SMILES string of the molecule is C=N/C=C\C=C(\C)CC1CCCN1c1cc2c(cc1Cl)c(=O)c(C(=O)O)cn2-c1ccc(O)cc1. The number of aromatic nitrogens is 1. The first-order valence-corrected chi connectivity index (χ1v) is 11.6. The van der Waals surface area contributed by atoms with E-state index in [4.69, 9.17) is 11.6 Å². The highest BCUT2D eigenvalue weighted by atomic mass is 35.5. The van der Waals surface area contributed by atoms with Crippen LogP contribution in [0.15, 0.2) is 76.3 Å². The van der Waals surface area contributed by atoms with Crippen LogP contribution in [-0.4, -0.2) is 40.1 Å². The molecule has 3 aromatic rings. The van der Waals surface area contributed by atoms with Crippen LogP contribution in [0.4, 0.5) is 5.69 Å². The number of aromatic hydroxyl groups is 1. The number of hydrogen-bond donors (Lipinski definition) is 2. The van der Waals surface area contributed by atoms with Gasteiger partial charge in [-0.1, -0.05) is 23.3 Å². The zero-order valence-electron chi connectivity index (χ0n) is 19.3. The second-order valence-electron chi connectivity index (χ2n) is 8.61. The molecule has 2 N–H and O–H groups in total. The second kappa shape index (κ2) is 10.2. The predicted molar refractivity (Wildman–Crippen MR) is 141 cm³/mol. The molecule has 180 valence electrons. The molecule has 0 aliphatic carbocycles. The van der Waals surface area contributed by atoms with Gasteiger partial charge in [-0.3, -0.25) is 9.79 Å². The second-order valence-corrected chi connectivity index (χ2v) is 9.02. The summed E-state index contributed by atoms with van der Waals surface area (Å²) in [5.74, 6) is -1.23. The van der Waals surface area contributed by atoms with E-state index in [2.05, 4.69) is 23.5 Å². The number of halogens is 1. The summed E-state index contributed by atoms with van der Waals surface area (Å²) in [6.07, 6.45) is 9.71. The summed E-state index contributed by atoms with van der Waals surface area (Å²) < 4.78 is 1.66. The van der Waals surface area contributed by atoms with Crippen LogP contribution in [0.2, 0.25) is 5.02 Å². The standard InChI is InChI=1S/C27H26ClN3O4/c1-17(5-3-11-29-2)13-19-6-4-12-30(19)25-15-24-21(14-23(25)28)26(33)22(27(34)35)16-31(24)18-7-9-20(32)10-8-18/h3,5,7-11,14-16,19,32H,2,4,6,12-13H2,1H3,(H,34,35)/b11-3-,17-5-. The predicted octanol–water partition coefficient (Wildman–Crippen LogP) is 5.57. The van der Waals surface area contributed by atoms with Gasteiger partial charge in [-0.25, -0.2) is 4.79 Å². The van der Waals surface area contributed by atoms with Crippen molar-refractivity contribution in [2.75, 3.05) is 11.4 Å². The third kappa shape index (κ3) is 5.00. The molecule has 0 spiro atoms. The van der Waals surface area contributed by atoms with Crippen LogP contribution in [0.3, 0.4) is 0 Å². The Morgan fingerprint density at radius 3 is 2.71 bits per heavy atom.